The molecule has 0 saturated heterocycles. The van der Waals surface area contributed by atoms with Crippen LogP contribution in [-0.4, -0.2) is 39.2 Å². The number of thiazole rings is 1. The van der Waals surface area contributed by atoms with Crippen LogP contribution in [0.3, 0.4) is 0 Å². The summed E-state index contributed by atoms with van der Waals surface area (Å²) in [4.78, 5) is 35.6. The molecule has 0 spiro atoms. The monoisotopic (exact) mass is 398 g/mol. The molecular weight excluding hydrogens is 384 g/mol. The maximum absolute atomic E-state index is 11.9. The number of esters is 1. The average Bonchev–Trinajstić information content (AvgIpc) is 3.27. The number of carbonyl (C=O) groups is 2. The second kappa shape index (κ2) is 7.77. The second-order valence-electron chi connectivity index (χ2n) is 5.54. The summed E-state index contributed by atoms with van der Waals surface area (Å²) in [6, 6.07) is 15.2. The highest BCUT2D eigenvalue weighted by Crippen LogP contribution is 2.25. The minimum Gasteiger partial charge on any atom is -0.455 e. The second-order valence-corrected chi connectivity index (χ2v) is 7.54. The van der Waals surface area contributed by atoms with E-state index in [1.165, 1.54) is 23.1 Å². The SMILES string of the molecule is O=C(COC(=O)CSc1nc2ccccc2[nH]1)Nc1nc2ccccc2s1. The first-order valence-corrected chi connectivity index (χ1v) is 9.86. The normalized spacial score (nSPS) is 11.0. The molecule has 4 rings (SSSR count). The van der Waals surface area contributed by atoms with Crippen LogP contribution in [0.25, 0.3) is 21.3 Å². The molecule has 0 bridgehead atoms. The Morgan fingerprint density at radius 3 is 2.67 bits per heavy atom. The zero-order chi connectivity index (χ0) is 18.6. The fourth-order valence-corrected chi connectivity index (χ4v) is 3.96. The lowest BCUT2D eigenvalue weighted by Gasteiger charge is -2.03. The number of rotatable bonds is 6. The maximum atomic E-state index is 11.9. The summed E-state index contributed by atoms with van der Waals surface area (Å²) >= 11 is 2.60. The number of hydrogen-bond acceptors (Lipinski definition) is 7. The van der Waals surface area contributed by atoms with E-state index in [-0.39, 0.29) is 12.4 Å². The third-order valence-corrected chi connectivity index (χ3v) is 5.40. The summed E-state index contributed by atoms with van der Waals surface area (Å²) in [7, 11) is 0. The number of anilines is 1. The Labute approximate surface area is 162 Å². The van der Waals surface area contributed by atoms with Crippen LogP contribution in [0.4, 0.5) is 5.13 Å². The van der Waals surface area contributed by atoms with E-state index in [0.29, 0.717) is 10.3 Å². The average molecular weight is 398 g/mol. The van der Waals surface area contributed by atoms with Crippen LogP contribution in [0.1, 0.15) is 0 Å². The van der Waals surface area contributed by atoms with Crippen molar-refractivity contribution in [1.82, 2.24) is 15.0 Å². The number of fused-ring (bicyclic) bond motifs is 2. The molecular formula is C18H14N4O3S2. The van der Waals surface area contributed by atoms with Crippen molar-refractivity contribution in [2.45, 2.75) is 5.16 Å². The lowest BCUT2D eigenvalue weighted by atomic mass is 10.3. The lowest BCUT2D eigenvalue weighted by Crippen LogP contribution is -2.21. The van der Waals surface area contributed by atoms with Gasteiger partial charge in [0.2, 0.25) is 0 Å². The molecule has 0 aliphatic carbocycles. The molecule has 0 fully saturated rings. The number of ether oxygens (including phenoxy) is 1. The van der Waals surface area contributed by atoms with Crippen molar-refractivity contribution in [2.24, 2.45) is 0 Å². The number of imidazole rings is 1. The number of aromatic nitrogens is 3. The van der Waals surface area contributed by atoms with Gasteiger partial charge in [0, 0.05) is 0 Å². The Balaban J connectivity index is 1.25. The summed E-state index contributed by atoms with van der Waals surface area (Å²) in [5.74, 6) is -0.843. The Hall–Kier alpha value is -2.91. The molecule has 2 heterocycles. The van der Waals surface area contributed by atoms with E-state index < -0.39 is 11.9 Å². The smallest absolute Gasteiger partial charge is 0.316 e. The van der Waals surface area contributed by atoms with E-state index in [2.05, 4.69) is 20.3 Å². The highest BCUT2D eigenvalue weighted by Gasteiger charge is 2.12. The summed E-state index contributed by atoms with van der Waals surface area (Å²) in [5.41, 5.74) is 2.56. The van der Waals surface area contributed by atoms with Crippen LogP contribution in [0, 0.1) is 0 Å². The maximum Gasteiger partial charge on any atom is 0.316 e. The minimum atomic E-state index is -0.486. The number of hydrogen-bond donors (Lipinski definition) is 2. The van der Waals surface area contributed by atoms with E-state index in [1.807, 2.05) is 48.5 Å². The fourth-order valence-electron chi connectivity index (χ4n) is 2.39. The van der Waals surface area contributed by atoms with Gasteiger partial charge in [0.25, 0.3) is 5.91 Å². The van der Waals surface area contributed by atoms with Gasteiger partial charge < -0.3 is 9.72 Å². The van der Waals surface area contributed by atoms with E-state index >= 15 is 0 Å². The summed E-state index contributed by atoms with van der Waals surface area (Å²) in [5, 5.41) is 3.76. The molecule has 4 aromatic rings. The minimum absolute atomic E-state index is 0.0637. The predicted molar refractivity (Wildman–Crippen MR) is 106 cm³/mol. The van der Waals surface area contributed by atoms with E-state index in [1.54, 1.807) is 0 Å². The highest BCUT2D eigenvalue weighted by molar-refractivity contribution is 7.99. The van der Waals surface area contributed by atoms with E-state index in [0.717, 1.165) is 21.3 Å². The summed E-state index contributed by atoms with van der Waals surface area (Å²) < 4.78 is 5.99. The molecule has 136 valence electrons. The topological polar surface area (TPSA) is 97.0 Å². The van der Waals surface area contributed by atoms with Crippen molar-refractivity contribution < 1.29 is 14.3 Å². The number of nitrogens with one attached hydrogen (secondary N) is 2. The first-order chi connectivity index (χ1) is 13.2. The molecule has 0 aliphatic rings. The predicted octanol–water partition coefficient (Wildman–Crippen LogP) is 3.45. The van der Waals surface area contributed by atoms with Gasteiger partial charge in [-0.2, -0.15) is 0 Å². The van der Waals surface area contributed by atoms with Crippen LogP contribution in [0.15, 0.2) is 53.7 Å². The van der Waals surface area contributed by atoms with Gasteiger partial charge in [-0.1, -0.05) is 47.4 Å². The third-order valence-electron chi connectivity index (χ3n) is 3.60. The van der Waals surface area contributed by atoms with Gasteiger partial charge >= 0.3 is 5.97 Å². The molecule has 7 nitrogen and oxygen atoms in total. The molecule has 1 amide bonds. The fraction of sp³-hybridized carbons (Fsp3) is 0.111. The van der Waals surface area contributed by atoms with Crippen LogP contribution >= 0.6 is 23.1 Å². The molecule has 0 aliphatic heterocycles. The van der Waals surface area contributed by atoms with Crippen molar-refractivity contribution in [2.75, 3.05) is 17.7 Å². The van der Waals surface area contributed by atoms with E-state index in [4.69, 9.17) is 4.74 Å². The van der Waals surface area contributed by atoms with Crippen LogP contribution in [-0.2, 0) is 14.3 Å². The number of amides is 1. The molecule has 2 aromatic heterocycles. The van der Waals surface area contributed by atoms with Crippen molar-refractivity contribution in [3.63, 3.8) is 0 Å². The largest absolute Gasteiger partial charge is 0.455 e. The van der Waals surface area contributed by atoms with Crippen molar-refractivity contribution in [1.29, 1.82) is 0 Å². The molecule has 9 heteroatoms. The summed E-state index contributed by atoms with van der Waals surface area (Å²) in [6.45, 7) is -0.352. The van der Waals surface area contributed by atoms with Gasteiger partial charge in [-0.3, -0.25) is 14.9 Å². The number of aromatic amines is 1. The molecule has 0 atom stereocenters. The first-order valence-electron chi connectivity index (χ1n) is 8.06. The standard InChI is InChI=1S/C18H14N4O3S2/c23-15(22-18-21-13-7-3-4-8-14(13)27-18)9-25-16(24)10-26-17-19-11-5-1-2-6-12(11)20-17/h1-8H,9-10H2,(H,19,20)(H,21,22,23). The quantitative estimate of drug-likeness (QED) is 0.381. The van der Waals surface area contributed by atoms with Crippen LogP contribution in [0.5, 0.6) is 0 Å². The third kappa shape index (κ3) is 4.26. The van der Waals surface area contributed by atoms with Gasteiger partial charge in [0.15, 0.2) is 16.9 Å². The van der Waals surface area contributed by atoms with Gasteiger partial charge in [-0.15, -0.1) is 0 Å². The molecule has 27 heavy (non-hydrogen) atoms. The molecule has 0 unspecified atom stereocenters. The van der Waals surface area contributed by atoms with Gasteiger partial charge in [-0.05, 0) is 24.3 Å². The number of nitrogens with zero attached hydrogens (tertiary/aromatic N) is 2. The number of benzene rings is 2. The molecule has 2 aromatic carbocycles. The van der Waals surface area contributed by atoms with E-state index in [9.17, 15) is 9.59 Å². The number of carbonyl (C=O) groups excluding carboxylic acids is 2. The summed E-state index contributed by atoms with van der Waals surface area (Å²) in [6.07, 6.45) is 0. The number of thioether (sulfide) groups is 1. The Morgan fingerprint density at radius 1 is 1.07 bits per heavy atom. The van der Waals surface area contributed by atoms with Crippen LogP contribution in [0.2, 0.25) is 0 Å². The van der Waals surface area contributed by atoms with Gasteiger partial charge in [0.1, 0.15) is 0 Å². The zero-order valence-corrected chi connectivity index (χ0v) is 15.6. The Morgan fingerprint density at radius 2 is 1.85 bits per heavy atom. The number of para-hydroxylation sites is 3. The van der Waals surface area contributed by atoms with Gasteiger partial charge in [-0.25, -0.2) is 9.97 Å². The molecule has 0 radical (unpaired) electrons. The van der Waals surface area contributed by atoms with Gasteiger partial charge in [0.05, 0.1) is 27.0 Å². The zero-order valence-electron chi connectivity index (χ0n) is 14.0. The molecule has 2 N–H and O–H groups in total. The van der Waals surface area contributed by atoms with Crippen molar-refractivity contribution in [3.05, 3.63) is 48.5 Å². The highest BCUT2D eigenvalue weighted by atomic mass is 32.2. The number of H-pyrrole nitrogens is 1. The Bertz CT molecular complexity index is 1060. The lowest BCUT2D eigenvalue weighted by molar-refractivity contribution is -0.144. The van der Waals surface area contributed by atoms with Crippen molar-refractivity contribution in [3.8, 4) is 0 Å². The molecule has 0 saturated carbocycles. The van der Waals surface area contributed by atoms with Crippen molar-refractivity contribution >= 4 is 61.4 Å². The first kappa shape index (κ1) is 17.5. The Kier molecular flexibility index (Phi) is 5.03. The van der Waals surface area contributed by atoms with Crippen LogP contribution < -0.4 is 5.32 Å².